The van der Waals surface area contributed by atoms with Crippen molar-refractivity contribution < 1.29 is 4.79 Å². The number of aromatic nitrogens is 1. The van der Waals surface area contributed by atoms with E-state index in [0.29, 0.717) is 12.2 Å². The lowest BCUT2D eigenvalue weighted by Crippen LogP contribution is -2.21. The predicted octanol–water partition coefficient (Wildman–Crippen LogP) is 3.06. The van der Waals surface area contributed by atoms with E-state index < -0.39 is 0 Å². The lowest BCUT2D eigenvalue weighted by molar-refractivity contribution is -0.116. The van der Waals surface area contributed by atoms with Crippen LogP contribution in [0.15, 0.2) is 47.1 Å². The number of nitrogens with zero attached hydrogens (tertiary/aromatic N) is 2. The smallest absolute Gasteiger partial charge is 0.237 e. The average Bonchev–Trinajstić information content (AvgIpc) is 2.65. The average molecular weight is 289 g/mol. The van der Waals surface area contributed by atoms with Gasteiger partial charge in [0, 0.05) is 10.7 Å². The molecule has 3 nitrogen and oxygen atoms in total. The van der Waals surface area contributed by atoms with Crippen LogP contribution in [-0.2, 0) is 11.2 Å². The fourth-order valence-electron chi connectivity index (χ4n) is 2.01. The number of pyridine rings is 1. The highest BCUT2D eigenvalue weighted by molar-refractivity contribution is 9.10. The van der Waals surface area contributed by atoms with Crippen LogP contribution < -0.4 is 4.90 Å². The topological polar surface area (TPSA) is 33.2 Å². The van der Waals surface area contributed by atoms with Gasteiger partial charge in [-0.3, -0.25) is 9.69 Å². The van der Waals surface area contributed by atoms with Crippen molar-refractivity contribution in [3.05, 3.63) is 52.6 Å². The third-order valence-corrected chi connectivity index (χ3v) is 3.25. The second kappa shape index (κ2) is 3.96. The zero-order valence-electron chi connectivity index (χ0n) is 8.93. The summed E-state index contributed by atoms with van der Waals surface area (Å²) in [5, 5.41) is 0. The number of halogens is 1. The summed E-state index contributed by atoms with van der Waals surface area (Å²) in [5.41, 5.74) is 1.96. The van der Waals surface area contributed by atoms with Gasteiger partial charge in [0.25, 0.3) is 0 Å². The van der Waals surface area contributed by atoms with Crippen LogP contribution in [0.25, 0.3) is 0 Å². The third-order valence-electron chi connectivity index (χ3n) is 2.76. The Hall–Kier alpha value is -1.68. The van der Waals surface area contributed by atoms with Gasteiger partial charge in [-0.05, 0) is 29.8 Å². The van der Waals surface area contributed by atoms with Crippen molar-refractivity contribution in [1.29, 1.82) is 0 Å². The second-order valence-electron chi connectivity index (χ2n) is 3.87. The first kappa shape index (κ1) is 10.5. The molecule has 3 rings (SSSR count). The number of fused-ring (bicyclic) bond motifs is 1. The molecular formula is C13H9BrN2O. The minimum absolute atomic E-state index is 0.0665. The van der Waals surface area contributed by atoms with Crippen LogP contribution in [0.5, 0.6) is 0 Å². The fraction of sp³-hybridized carbons (Fsp3) is 0.0769. The first-order valence-corrected chi connectivity index (χ1v) is 6.07. The molecule has 0 atom stereocenters. The molecule has 1 amide bonds. The van der Waals surface area contributed by atoms with Gasteiger partial charge in [0.05, 0.1) is 12.1 Å². The summed E-state index contributed by atoms with van der Waals surface area (Å²) in [4.78, 5) is 17.9. The molecule has 1 aliphatic heterocycles. The number of anilines is 2. The van der Waals surface area contributed by atoms with E-state index in [0.717, 1.165) is 15.7 Å². The molecule has 0 aliphatic carbocycles. The summed E-state index contributed by atoms with van der Waals surface area (Å²) in [5.74, 6) is 0.742. The van der Waals surface area contributed by atoms with E-state index in [4.69, 9.17) is 0 Å². The maximum atomic E-state index is 12.0. The van der Waals surface area contributed by atoms with Gasteiger partial charge in [-0.1, -0.05) is 28.1 Å². The molecule has 4 heteroatoms. The summed E-state index contributed by atoms with van der Waals surface area (Å²) in [6.45, 7) is 0. The van der Waals surface area contributed by atoms with Gasteiger partial charge in [0.15, 0.2) is 0 Å². The van der Waals surface area contributed by atoms with Crippen LogP contribution in [0.1, 0.15) is 5.56 Å². The number of hydrogen-bond donors (Lipinski definition) is 0. The Balaban J connectivity index is 2.14. The normalized spacial score (nSPS) is 13.9. The van der Waals surface area contributed by atoms with Gasteiger partial charge >= 0.3 is 0 Å². The van der Waals surface area contributed by atoms with E-state index >= 15 is 0 Å². The Kier molecular flexibility index (Phi) is 2.44. The highest BCUT2D eigenvalue weighted by Crippen LogP contribution is 2.35. The molecular weight excluding hydrogens is 280 g/mol. The van der Waals surface area contributed by atoms with Crippen molar-refractivity contribution in [2.75, 3.05) is 4.90 Å². The first-order chi connectivity index (χ1) is 8.25. The monoisotopic (exact) mass is 288 g/mol. The van der Waals surface area contributed by atoms with Crippen molar-refractivity contribution in [3.63, 3.8) is 0 Å². The van der Waals surface area contributed by atoms with Gasteiger partial charge in [0.1, 0.15) is 5.82 Å². The summed E-state index contributed by atoms with van der Waals surface area (Å²) >= 11 is 3.43. The molecule has 1 aromatic heterocycles. The van der Waals surface area contributed by atoms with Crippen molar-refractivity contribution >= 4 is 33.3 Å². The first-order valence-electron chi connectivity index (χ1n) is 5.28. The van der Waals surface area contributed by atoms with E-state index in [-0.39, 0.29) is 5.91 Å². The summed E-state index contributed by atoms with van der Waals surface area (Å²) < 4.78 is 0.965. The quantitative estimate of drug-likeness (QED) is 0.808. The highest BCUT2D eigenvalue weighted by Gasteiger charge is 2.29. The molecule has 0 saturated carbocycles. The number of carbonyl (C=O) groups excluding carboxylic acids is 1. The molecule has 17 heavy (non-hydrogen) atoms. The van der Waals surface area contributed by atoms with Crippen LogP contribution in [0.2, 0.25) is 0 Å². The zero-order chi connectivity index (χ0) is 11.8. The molecule has 0 bridgehead atoms. The standard InChI is InChI=1S/C13H9BrN2O/c14-10-5-4-9-7-13(17)16(11(9)8-10)12-3-1-2-6-15-12/h1-6,8H,7H2. The third kappa shape index (κ3) is 1.74. The SMILES string of the molecule is O=C1Cc2ccc(Br)cc2N1c1ccccn1. The van der Waals surface area contributed by atoms with E-state index in [1.165, 1.54) is 0 Å². The Morgan fingerprint density at radius 3 is 2.88 bits per heavy atom. The molecule has 0 radical (unpaired) electrons. The Morgan fingerprint density at radius 2 is 2.12 bits per heavy atom. The Labute approximate surface area is 107 Å². The van der Waals surface area contributed by atoms with Crippen LogP contribution in [0.3, 0.4) is 0 Å². The maximum absolute atomic E-state index is 12.0. The van der Waals surface area contributed by atoms with Gasteiger partial charge in [-0.25, -0.2) is 4.98 Å². The van der Waals surface area contributed by atoms with E-state index in [1.54, 1.807) is 11.1 Å². The van der Waals surface area contributed by atoms with E-state index in [1.807, 2.05) is 36.4 Å². The number of carbonyl (C=O) groups is 1. The van der Waals surface area contributed by atoms with Crippen molar-refractivity contribution in [2.45, 2.75) is 6.42 Å². The Morgan fingerprint density at radius 1 is 1.24 bits per heavy atom. The number of benzene rings is 1. The zero-order valence-corrected chi connectivity index (χ0v) is 10.5. The predicted molar refractivity (Wildman–Crippen MR) is 69.2 cm³/mol. The summed E-state index contributed by atoms with van der Waals surface area (Å²) in [7, 11) is 0. The fourth-order valence-corrected chi connectivity index (χ4v) is 2.36. The van der Waals surface area contributed by atoms with Crippen LogP contribution in [0, 0.1) is 0 Å². The lowest BCUT2D eigenvalue weighted by atomic mass is 10.2. The Bertz CT molecular complexity index is 583. The minimum atomic E-state index is 0.0665. The molecule has 84 valence electrons. The van der Waals surface area contributed by atoms with Gasteiger partial charge < -0.3 is 0 Å². The van der Waals surface area contributed by atoms with Gasteiger partial charge in [-0.2, -0.15) is 0 Å². The minimum Gasteiger partial charge on any atom is -0.274 e. The summed E-state index contributed by atoms with van der Waals surface area (Å²) in [6, 6.07) is 11.4. The lowest BCUT2D eigenvalue weighted by Gasteiger charge is -2.16. The number of rotatable bonds is 1. The molecule has 0 spiro atoms. The maximum Gasteiger partial charge on any atom is 0.237 e. The molecule has 0 N–H and O–H groups in total. The highest BCUT2D eigenvalue weighted by atomic mass is 79.9. The van der Waals surface area contributed by atoms with Crippen LogP contribution in [-0.4, -0.2) is 10.9 Å². The molecule has 0 fully saturated rings. The molecule has 2 aromatic rings. The molecule has 1 aliphatic rings. The number of hydrogen-bond acceptors (Lipinski definition) is 2. The van der Waals surface area contributed by atoms with Crippen molar-refractivity contribution in [3.8, 4) is 0 Å². The molecule has 2 heterocycles. The summed E-state index contributed by atoms with van der Waals surface area (Å²) in [6.07, 6.45) is 2.14. The number of amides is 1. The van der Waals surface area contributed by atoms with Crippen molar-refractivity contribution in [1.82, 2.24) is 4.98 Å². The van der Waals surface area contributed by atoms with Crippen LogP contribution >= 0.6 is 15.9 Å². The molecule has 1 aromatic carbocycles. The van der Waals surface area contributed by atoms with Gasteiger partial charge in [0.2, 0.25) is 5.91 Å². The van der Waals surface area contributed by atoms with E-state index in [9.17, 15) is 4.79 Å². The molecule has 0 saturated heterocycles. The largest absolute Gasteiger partial charge is 0.274 e. The van der Waals surface area contributed by atoms with Crippen LogP contribution in [0.4, 0.5) is 11.5 Å². The van der Waals surface area contributed by atoms with Gasteiger partial charge in [-0.15, -0.1) is 0 Å². The molecule has 0 unspecified atom stereocenters. The van der Waals surface area contributed by atoms with E-state index in [2.05, 4.69) is 20.9 Å². The second-order valence-corrected chi connectivity index (χ2v) is 4.78. The van der Waals surface area contributed by atoms with Crippen molar-refractivity contribution in [2.24, 2.45) is 0 Å².